The summed E-state index contributed by atoms with van der Waals surface area (Å²) in [5, 5.41) is 6.13. The highest BCUT2D eigenvalue weighted by Gasteiger charge is 2.10. The SMILES string of the molecule is COc1ccc2nc(NC(=O)CSCC(=O)Nc3cccc(C)c3)sc2c1. The van der Waals surface area contributed by atoms with E-state index >= 15 is 0 Å². The van der Waals surface area contributed by atoms with Crippen molar-refractivity contribution < 1.29 is 14.3 Å². The molecule has 0 atom stereocenters. The van der Waals surface area contributed by atoms with Crippen LogP contribution in [0.3, 0.4) is 0 Å². The number of benzene rings is 2. The number of carbonyl (C=O) groups excluding carboxylic acids is 2. The summed E-state index contributed by atoms with van der Waals surface area (Å²) in [6, 6.07) is 13.2. The van der Waals surface area contributed by atoms with Gasteiger partial charge in [-0.3, -0.25) is 9.59 Å². The van der Waals surface area contributed by atoms with Crippen molar-refractivity contribution in [2.45, 2.75) is 6.92 Å². The molecule has 0 saturated carbocycles. The molecule has 8 heteroatoms. The van der Waals surface area contributed by atoms with Gasteiger partial charge < -0.3 is 15.4 Å². The molecule has 2 N–H and O–H groups in total. The van der Waals surface area contributed by atoms with Gasteiger partial charge in [0.1, 0.15) is 5.75 Å². The summed E-state index contributed by atoms with van der Waals surface area (Å²) in [6.07, 6.45) is 0. The van der Waals surface area contributed by atoms with E-state index in [-0.39, 0.29) is 23.3 Å². The van der Waals surface area contributed by atoms with Crippen LogP contribution in [0.5, 0.6) is 5.75 Å². The molecule has 0 aliphatic heterocycles. The van der Waals surface area contributed by atoms with Crippen LogP contribution in [-0.4, -0.2) is 35.4 Å². The smallest absolute Gasteiger partial charge is 0.236 e. The molecule has 0 unspecified atom stereocenters. The molecule has 27 heavy (non-hydrogen) atoms. The first-order valence-corrected chi connectivity index (χ1v) is 10.2. The molecule has 1 heterocycles. The van der Waals surface area contributed by atoms with Gasteiger partial charge in [-0.05, 0) is 42.8 Å². The van der Waals surface area contributed by atoms with Gasteiger partial charge in [0, 0.05) is 5.69 Å². The summed E-state index contributed by atoms with van der Waals surface area (Å²) in [4.78, 5) is 28.4. The minimum Gasteiger partial charge on any atom is -0.497 e. The Balaban J connectivity index is 1.46. The van der Waals surface area contributed by atoms with Crippen LogP contribution in [0.2, 0.25) is 0 Å². The van der Waals surface area contributed by atoms with Gasteiger partial charge >= 0.3 is 0 Å². The number of thiazole rings is 1. The van der Waals surface area contributed by atoms with E-state index in [0.717, 1.165) is 27.2 Å². The van der Waals surface area contributed by atoms with Crippen molar-refractivity contribution >= 4 is 55.9 Å². The summed E-state index contributed by atoms with van der Waals surface area (Å²) >= 11 is 2.64. The van der Waals surface area contributed by atoms with E-state index in [9.17, 15) is 9.59 Å². The van der Waals surface area contributed by atoms with E-state index in [1.807, 2.05) is 49.4 Å². The lowest BCUT2D eigenvalue weighted by Gasteiger charge is -2.06. The number of nitrogens with one attached hydrogen (secondary N) is 2. The van der Waals surface area contributed by atoms with Gasteiger partial charge in [-0.1, -0.05) is 23.5 Å². The lowest BCUT2D eigenvalue weighted by atomic mass is 10.2. The van der Waals surface area contributed by atoms with Crippen molar-refractivity contribution in [3.63, 3.8) is 0 Å². The lowest BCUT2D eigenvalue weighted by Crippen LogP contribution is -2.18. The van der Waals surface area contributed by atoms with Crippen LogP contribution in [0.15, 0.2) is 42.5 Å². The minimum atomic E-state index is -0.186. The van der Waals surface area contributed by atoms with Crippen LogP contribution < -0.4 is 15.4 Å². The fraction of sp³-hybridized carbons (Fsp3) is 0.211. The third kappa shape index (κ3) is 5.45. The lowest BCUT2D eigenvalue weighted by molar-refractivity contribution is -0.114. The van der Waals surface area contributed by atoms with Crippen molar-refractivity contribution in [1.29, 1.82) is 0 Å². The third-order valence-corrected chi connectivity index (χ3v) is 5.48. The third-order valence-electron chi connectivity index (χ3n) is 3.61. The number of fused-ring (bicyclic) bond motifs is 1. The maximum Gasteiger partial charge on any atom is 0.236 e. The Labute approximate surface area is 165 Å². The van der Waals surface area contributed by atoms with Gasteiger partial charge in [0.05, 0.1) is 28.8 Å². The molecule has 0 aliphatic rings. The van der Waals surface area contributed by atoms with Crippen molar-refractivity contribution in [3.8, 4) is 5.75 Å². The number of ether oxygens (including phenoxy) is 1. The number of methoxy groups -OCH3 is 1. The quantitative estimate of drug-likeness (QED) is 0.627. The number of anilines is 2. The monoisotopic (exact) mass is 401 g/mol. The van der Waals surface area contributed by atoms with Gasteiger partial charge in [0.15, 0.2) is 5.13 Å². The molecule has 2 amide bonds. The second kappa shape index (κ2) is 8.88. The average molecular weight is 402 g/mol. The minimum absolute atomic E-state index is 0.134. The van der Waals surface area contributed by atoms with Gasteiger partial charge in [-0.15, -0.1) is 11.8 Å². The number of rotatable bonds is 7. The van der Waals surface area contributed by atoms with Crippen molar-refractivity contribution in [3.05, 3.63) is 48.0 Å². The number of aryl methyl sites for hydroxylation is 1. The predicted molar refractivity (Wildman–Crippen MR) is 112 cm³/mol. The Kier molecular flexibility index (Phi) is 6.31. The Morgan fingerprint density at radius 2 is 1.89 bits per heavy atom. The van der Waals surface area contributed by atoms with E-state index in [0.29, 0.717) is 5.13 Å². The van der Waals surface area contributed by atoms with Crippen LogP contribution >= 0.6 is 23.1 Å². The molecule has 0 radical (unpaired) electrons. The highest BCUT2D eigenvalue weighted by Crippen LogP contribution is 2.29. The number of hydrogen-bond acceptors (Lipinski definition) is 6. The van der Waals surface area contributed by atoms with E-state index < -0.39 is 0 Å². The fourth-order valence-corrected chi connectivity index (χ4v) is 3.92. The first-order chi connectivity index (χ1) is 13.0. The molecule has 0 bridgehead atoms. The Morgan fingerprint density at radius 3 is 2.63 bits per heavy atom. The number of thioether (sulfide) groups is 1. The second-order valence-electron chi connectivity index (χ2n) is 5.81. The molecule has 3 aromatic rings. The van der Waals surface area contributed by atoms with E-state index in [1.54, 1.807) is 7.11 Å². The van der Waals surface area contributed by atoms with Crippen LogP contribution in [-0.2, 0) is 9.59 Å². The predicted octanol–water partition coefficient (Wildman–Crippen LogP) is 3.92. The first-order valence-electron chi connectivity index (χ1n) is 8.22. The van der Waals surface area contributed by atoms with Gasteiger partial charge in [0.2, 0.25) is 11.8 Å². The Bertz CT molecular complexity index is 972. The first kappa shape index (κ1) is 19.2. The highest BCUT2D eigenvalue weighted by molar-refractivity contribution is 8.00. The second-order valence-corrected chi connectivity index (χ2v) is 7.83. The number of carbonyl (C=O) groups is 2. The molecule has 0 fully saturated rings. The maximum absolute atomic E-state index is 12.1. The molecule has 0 spiro atoms. The zero-order valence-electron chi connectivity index (χ0n) is 14.9. The molecular weight excluding hydrogens is 382 g/mol. The van der Waals surface area contributed by atoms with Gasteiger partial charge in [-0.25, -0.2) is 4.98 Å². The zero-order valence-corrected chi connectivity index (χ0v) is 16.6. The van der Waals surface area contributed by atoms with E-state index in [1.165, 1.54) is 23.1 Å². The maximum atomic E-state index is 12.1. The molecule has 140 valence electrons. The zero-order chi connectivity index (χ0) is 19.2. The molecule has 2 aromatic carbocycles. The topological polar surface area (TPSA) is 80.3 Å². The molecule has 1 aromatic heterocycles. The molecule has 0 aliphatic carbocycles. The summed E-state index contributed by atoms with van der Waals surface area (Å²) in [7, 11) is 1.61. The van der Waals surface area contributed by atoms with Crippen LogP contribution in [0.1, 0.15) is 5.56 Å². The number of aromatic nitrogens is 1. The van der Waals surface area contributed by atoms with Gasteiger partial charge in [-0.2, -0.15) is 0 Å². The summed E-state index contributed by atoms with van der Waals surface area (Å²) in [6.45, 7) is 1.97. The summed E-state index contributed by atoms with van der Waals surface area (Å²) in [5.74, 6) is 0.817. The molecule has 3 rings (SSSR count). The summed E-state index contributed by atoms with van der Waals surface area (Å²) < 4.78 is 6.13. The highest BCUT2D eigenvalue weighted by atomic mass is 32.2. The largest absolute Gasteiger partial charge is 0.497 e. The average Bonchev–Trinajstić information content (AvgIpc) is 3.02. The molecule has 6 nitrogen and oxygen atoms in total. The number of nitrogens with zero attached hydrogens (tertiary/aromatic N) is 1. The van der Waals surface area contributed by atoms with E-state index in [2.05, 4.69) is 15.6 Å². The normalized spacial score (nSPS) is 10.6. The van der Waals surface area contributed by atoms with Gasteiger partial charge in [0.25, 0.3) is 0 Å². The molecular formula is C19H19N3O3S2. The van der Waals surface area contributed by atoms with Crippen LogP contribution in [0, 0.1) is 6.92 Å². The van der Waals surface area contributed by atoms with E-state index in [4.69, 9.17) is 4.74 Å². The standard InChI is InChI=1S/C19H19N3O3S2/c1-12-4-3-5-13(8-12)20-17(23)10-26-11-18(24)22-19-21-15-7-6-14(25-2)9-16(15)27-19/h3-9H,10-11H2,1-2H3,(H,20,23)(H,21,22,24). The van der Waals surface area contributed by atoms with Crippen molar-refractivity contribution in [2.75, 3.05) is 29.2 Å². The molecule has 0 saturated heterocycles. The van der Waals surface area contributed by atoms with Crippen LogP contribution in [0.4, 0.5) is 10.8 Å². The Hall–Kier alpha value is -2.58. The van der Waals surface area contributed by atoms with Crippen LogP contribution in [0.25, 0.3) is 10.2 Å². The fourth-order valence-electron chi connectivity index (χ4n) is 2.40. The number of amides is 2. The number of hydrogen-bond donors (Lipinski definition) is 2. The van der Waals surface area contributed by atoms with Crippen molar-refractivity contribution in [2.24, 2.45) is 0 Å². The van der Waals surface area contributed by atoms with Crippen molar-refractivity contribution in [1.82, 2.24) is 4.98 Å². The summed E-state index contributed by atoms with van der Waals surface area (Å²) in [5.41, 5.74) is 2.64. The Morgan fingerprint density at radius 1 is 1.11 bits per heavy atom.